The standard InChI is InChI=1S/C43H28S/c1-2-10-28(11-3-1)29-20-22-30(23-21-29)31-13-8-14-32(24-31)34-26-39-35-15-5-4-12-33(35)25-41(39)40(27-34)38-18-9-17-37-36-16-6-7-19-42(36)44-43(37)38/h1-24,26-27H,25H2. The highest BCUT2D eigenvalue weighted by Gasteiger charge is 2.24. The molecule has 0 N–H and O–H groups in total. The summed E-state index contributed by atoms with van der Waals surface area (Å²) in [4.78, 5) is 0. The number of thiophene rings is 1. The normalized spacial score (nSPS) is 12.0. The van der Waals surface area contributed by atoms with Gasteiger partial charge < -0.3 is 0 Å². The van der Waals surface area contributed by atoms with Crippen molar-refractivity contribution >= 4 is 31.5 Å². The molecule has 1 heterocycles. The van der Waals surface area contributed by atoms with Crippen LogP contribution in [0, 0.1) is 0 Å². The minimum Gasteiger partial charge on any atom is -0.135 e. The average Bonchev–Trinajstić information content (AvgIpc) is 3.67. The Balaban J connectivity index is 1.20. The molecule has 206 valence electrons. The van der Waals surface area contributed by atoms with Gasteiger partial charge in [-0.05, 0) is 97.4 Å². The van der Waals surface area contributed by atoms with E-state index in [9.17, 15) is 0 Å². The number of benzene rings is 7. The summed E-state index contributed by atoms with van der Waals surface area (Å²) in [5, 5.41) is 2.69. The van der Waals surface area contributed by atoms with Gasteiger partial charge in [0.25, 0.3) is 0 Å². The van der Waals surface area contributed by atoms with E-state index in [1.165, 1.54) is 86.9 Å². The molecule has 0 atom stereocenters. The summed E-state index contributed by atoms with van der Waals surface area (Å²) >= 11 is 1.91. The van der Waals surface area contributed by atoms with Crippen molar-refractivity contribution < 1.29 is 0 Å². The van der Waals surface area contributed by atoms with Crippen LogP contribution in [0.4, 0.5) is 0 Å². The van der Waals surface area contributed by atoms with Crippen LogP contribution in [0.3, 0.4) is 0 Å². The minimum absolute atomic E-state index is 0.968. The molecule has 1 aliphatic carbocycles. The summed E-state index contributed by atoms with van der Waals surface area (Å²) in [7, 11) is 0. The monoisotopic (exact) mass is 576 g/mol. The van der Waals surface area contributed by atoms with E-state index < -0.39 is 0 Å². The molecule has 1 heteroatoms. The fourth-order valence-corrected chi connectivity index (χ4v) is 8.19. The Morgan fingerprint density at radius 2 is 0.932 bits per heavy atom. The molecule has 0 saturated carbocycles. The van der Waals surface area contributed by atoms with E-state index in [0.717, 1.165) is 6.42 Å². The molecule has 44 heavy (non-hydrogen) atoms. The zero-order valence-corrected chi connectivity index (χ0v) is 24.9. The number of rotatable bonds is 4. The second kappa shape index (κ2) is 10.2. The lowest BCUT2D eigenvalue weighted by Crippen LogP contribution is -1.91. The predicted octanol–water partition coefficient (Wildman–Crippen LogP) is 12.3. The highest BCUT2D eigenvalue weighted by molar-refractivity contribution is 7.26. The lowest BCUT2D eigenvalue weighted by Gasteiger charge is -2.15. The van der Waals surface area contributed by atoms with Crippen LogP contribution in [0.2, 0.25) is 0 Å². The molecule has 0 radical (unpaired) electrons. The molecule has 0 saturated heterocycles. The van der Waals surface area contributed by atoms with Crippen molar-refractivity contribution in [2.75, 3.05) is 0 Å². The molecule has 0 aliphatic heterocycles. The number of fused-ring (bicyclic) bond motifs is 6. The number of hydrogen-bond donors (Lipinski definition) is 0. The summed E-state index contributed by atoms with van der Waals surface area (Å²) in [6.07, 6.45) is 0.968. The topological polar surface area (TPSA) is 0 Å². The van der Waals surface area contributed by atoms with Crippen LogP contribution in [0.25, 0.3) is 75.8 Å². The molecule has 0 nitrogen and oxygen atoms in total. The molecule has 9 rings (SSSR count). The van der Waals surface area contributed by atoms with Gasteiger partial charge in [0.1, 0.15) is 0 Å². The Hall–Kier alpha value is -5.24. The first kappa shape index (κ1) is 25.3. The first-order chi connectivity index (χ1) is 21.8. The molecular formula is C43H28S. The minimum atomic E-state index is 0.968. The Bertz CT molecular complexity index is 2340. The van der Waals surface area contributed by atoms with Gasteiger partial charge >= 0.3 is 0 Å². The Labute approximate surface area is 261 Å². The van der Waals surface area contributed by atoms with Crippen LogP contribution >= 0.6 is 11.3 Å². The zero-order valence-electron chi connectivity index (χ0n) is 24.1. The van der Waals surface area contributed by atoms with Gasteiger partial charge in [0, 0.05) is 20.2 Å². The van der Waals surface area contributed by atoms with E-state index in [1.807, 2.05) is 11.3 Å². The second-order valence-electron chi connectivity index (χ2n) is 11.7. The van der Waals surface area contributed by atoms with E-state index in [1.54, 1.807) is 0 Å². The number of hydrogen-bond acceptors (Lipinski definition) is 1. The third kappa shape index (κ3) is 4.12. The zero-order chi connectivity index (χ0) is 29.0. The predicted molar refractivity (Wildman–Crippen MR) is 189 cm³/mol. The molecule has 7 aromatic carbocycles. The summed E-state index contributed by atoms with van der Waals surface area (Å²) in [6, 6.07) is 58.0. The van der Waals surface area contributed by atoms with Gasteiger partial charge in [-0.1, -0.05) is 133 Å². The molecule has 0 bridgehead atoms. The van der Waals surface area contributed by atoms with Crippen molar-refractivity contribution in [2.24, 2.45) is 0 Å². The van der Waals surface area contributed by atoms with Crippen molar-refractivity contribution in [3.8, 4) is 55.6 Å². The lowest BCUT2D eigenvalue weighted by atomic mass is 9.89. The SMILES string of the molecule is c1ccc(-c2ccc(-c3cccc(-c4cc5c(c(-c6cccc7c6sc6ccccc67)c4)Cc4ccccc4-5)c3)cc2)cc1. The fraction of sp³-hybridized carbons (Fsp3) is 0.0233. The fourth-order valence-electron chi connectivity index (χ4n) is 6.96. The van der Waals surface area contributed by atoms with Gasteiger partial charge in [-0.3, -0.25) is 0 Å². The van der Waals surface area contributed by atoms with Crippen molar-refractivity contribution in [3.05, 3.63) is 169 Å². The molecule has 0 unspecified atom stereocenters. The van der Waals surface area contributed by atoms with Crippen LogP contribution in [0.5, 0.6) is 0 Å². The van der Waals surface area contributed by atoms with Crippen LogP contribution in [0.1, 0.15) is 11.1 Å². The highest BCUT2D eigenvalue weighted by atomic mass is 32.1. The third-order valence-corrected chi connectivity index (χ3v) is 10.4. The van der Waals surface area contributed by atoms with E-state index in [0.29, 0.717) is 0 Å². The smallest absolute Gasteiger partial charge is 0.0433 e. The van der Waals surface area contributed by atoms with Crippen molar-refractivity contribution in [1.82, 2.24) is 0 Å². The van der Waals surface area contributed by atoms with Crippen molar-refractivity contribution in [1.29, 1.82) is 0 Å². The van der Waals surface area contributed by atoms with Crippen LogP contribution in [-0.4, -0.2) is 0 Å². The van der Waals surface area contributed by atoms with Gasteiger partial charge in [0.2, 0.25) is 0 Å². The quantitative estimate of drug-likeness (QED) is 0.195. The summed E-state index contributed by atoms with van der Waals surface area (Å²) in [6.45, 7) is 0. The Morgan fingerprint density at radius 1 is 0.364 bits per heavy atom. The maximum atomic E-state index is 2.45. The van der Waals surface area contributed by atoms with E-state index in [-0.39, 0.29) is 0 Å². The van der Waals surface area contributed by atoms with Crippen molar-refractivity contribution in [3.63, 3.8) is 0 Å². The van der Waals surface area contributed by atoms with Crippen molar-refractivity contribution in [2.45, 2.75) is 6.42 Å². The first-order valence-electron chi connectivity index (χ1n) is 15.2. The largest absolute Gasteiger partial charge is 0.135 e. The van der Waals surface area contributed by atoms with E-state index >= 15 is 0 Å². The molecule has 1 aromatic heterocycles. The third-order valence-electron chi connectivity index (χ3n) is 9.14. The van der Waals surface area contributed by atoms with Gasteiger partial charge in [-0.2, -0.15) is 0 Å². The summed E-state index contributed by atoms with van der Waals surface area (Å²) in [5.41, 5.74) is 15.7. The van der Waals surface area contributed by atoms with Gasteiger partial charge in [-0.15, -0.1) is 11.3 Å². The van der Waals surface area contributed by atoms with Gasteiger partial charge in [0.15, 0.2) is 0 Å². The Morgan fingerprint density at radius 3 is 1.77 bits per heavy atom. The highest BCUT2D eigenvalue weighted by Crippen LogP contribution is 2.48. The maximum Gasteiger partial charge on any atom is 0.0433 e. The second-order valence-corrected chi connectivity index (χ2v) is 12.7. The van der Waals surface area contributed by atoms with Gasteiger partial charge in [-0.25, -0.2) is 0 Å². The van der Waals surface area contributed by atoms with Crippen LogP contribution in [0.15, 0.2) is 158 Å². The van der Waals surface area contributed by atoms with Crippen LogP contribution < -0.4 is 0 Å². The molecule has 0 spiro atoms. The van der Waals surface area contributed by atoms with E-state index in [2.05, 4.69) is 158 Å². The molecule has 0 amide bonds. The van der Waals surface area contributed by atoms with Gasteiger partial charge in [0.05, 0.1) is 0 Å². The molecular weight excluding hydrogens is 549 g/mol. The average molecular weight is 577 g/mol. The maximum absolute atomic E-state index is 2.45. The molecule has 1 aliphatic rings. The summed E-state index contributed by atoms with van der Waals surface area (Å²) < 4.78 is 2.72. The van der Waals surface area contributed by atoms with E-state index in [4.69, 9.17) is 0 Å². The summed E-state index contributed by atoms with van der Waals surface area (Å²) in [5.74, 6) is 0. The molecule has 8 aromatic rings. The Kier molecular flexibility index (Phi) is 5.85. The molecule has 0 fully saturated rings. The lowest BCUT2D eigenvalue weighted by molar-refractivity contribution is 1.27. The first-order valence-corrected chi connectivity index (χ1v) is 16.0. The van der Waals surface area contributed by atoms with Crippen LogP contribution in [-0.2, 0) is 6.42 Å².